The molecular weight excluding hydrogens is 1540 g/mol. The van der Waals surface area contributed by atoms with Gasteiger partial charge in [-0.3, -0.25) is 53.7 Å². The molecule has 2 fully saturated rings. The molecule has 0 bridgehead atoms. The predicted octanol–water partition coefficient (Wildman–Crippen LogP) is 11.8. The van der Waals surface area contributed by atoms with E-state index in [1.807, 2.05) is 82.9 Å². The Morgan fingerprint density at radius 1 is 0.514 bits per heavy atom. The molecule has 0 unspecified atom stereocenters. The van der Waals surface area contributed by atoms with E-state index in [0.717, 1.165) is 74.1 Å². The van der Waals surface area contributed by atoms with Crippen LogP contribution in [-0.4, -0.2) is 137 Å². The number of hydrogen-bond donors (Lipinski definition) is 7. The van der Waals surface area contributed by atoms with Crippen molar-refractivity contribution in [2.45, 2.75) is 115 Å². The van der Waals surface area contributed by atoms with Crippen LogP contribution in [0.1, 0.15) is 130 Å². The number of pyridine rings is 4. The fourth-order valence-electron chi connectivity index (χ4n) is 10.6. The molecule has 4 amide bonds. The Morgan fingerprint density at radius 3 is 1.12 bits per heavy atom. The number of aromatic nitrogens is 4. The average Bonchev–Trinajstić information content (AvgIpc) is 1.77. The Morgan fingerprint density at radius 2 is 0.813 bits per heavy atom. The lowest BCUT2D eigenvalue weighted by Crippen LogP contribution is -2.52. The lowest BCUT2D eigenvalue weighted by molar-refractivity contribution is -0.133. The second-order valence-electron chi connectivity index (χ2n) is 24.9. The summed E-state index contributed by atoms with van der Waals surface area (Å²) >= 11 is 19.9. The predicted molar refractivity (Wildman–Crippen MR) is 436 cm³/mol. The van der Waals surface area contributed by atoms with Crippen LogP contribution in [0.25, 0.3) is 33.4 Å². The van der Waals surface area contributed by atoms with Gasteiger partial charge in [-0.05, 0) is 160 Å². The van der Waals surface area contributed by atoms with Gasteiger partial charge in [0.05, 0.1) is 36.8 Å². The van der Waals surface area contributed by atoms with E-state index in [4.69, 9.17) is 54.6 Å². The molecule has 30 heteroatoms. The number of hydrogen-bond acceptors (Lipinski definition) is 21. The Bertz CT molecular complexity index is 4720. The number of carbonyl (C=O) groups excluding carboxylic acids is 4. The van der Waals surface area contributed by atoms with Crippen molar-refractivity contribution in [2.75, 3.05) is 28.2 Å². The van der Waals surface area contributed by atoms with E-state index in [-0.39, 0.29) is 52.4 Å². The van der Waals surface area contributed by atoms with Gasteiger partial charge in [0.2, 0.25) is 23.6 Å². The standard InChI is InChI=1S/C19H19N3OS.2C18H18N4OS.C11H13BrN2OS.C8H8BNO2.C2H4Cl2.CH2O2/c1-5-6-14-7-15(11-20-10-14)16-8-17(24-12-16)19(3)9-18(23)22(4)13(2)21-19;2*1-4-5-12-6-13(10-20-9-12)14-7-15(24-11-14)18(2)8-16(23)22(3)17(19)21-18;1-7-13-11(2,5-10(15)14(7)3)9-4-8(12)6-16-9;1-2-3-7-4-8(9(11)12)6-10-5-7;1-2(3)4;2-1-3/h7-8,10-12,21H,2,9H2,1,3-4H3;2*6-7,9-11H,8H2,1-3H3,(H2,19,21);4,6,13H,1,5H2,2-3H3;4-6,11-12H,1H3;2H,1H3;1H,(H,2,3)/t19-;2*18-;11-;;;/m0000.../s1. The Labute approximate surface area is 659 Å². The normalized spacial score (nSPS) is 19.0. The van der Waals surface area contributed by atoms with Crippen LogP contribution >= 0.6 is 84.5 Å². The third-order valence-electron chi connectivity index (χ3n) is 16.4. The van der Waals surface area contributed by atoms with Crippen LogP contribution in [-0.2, 0) is 46.1 Å². The quantitative estimate of drug-likeness (QED) is 0.0322. The van der Waals surface area contributed by atoms with Gasteiger partial charge in [0.15, 0.2) is 11.9 Å². The van der Waals surface area contributed by atoms with Crippen molar-refractivity contribution in [3.63, 3.8) is 0 Å². The topological polar surface area (TPSA) is 311 Å². The fourth-order valence-corrected chi connectivity index (χ4v) is 15.2. The first-order valence-electron chi connectivity index (χ1n) is 32.6. The number of guanidine groups is 2. The van der Waals surface area contributed by atoms with Crippen LogP contribution in [0, 0.1) is 47.4 Å². The van der Waals surface area contributed by atoms with Crippen LogP contribution in [0.4, 0.5) is 0 Å². The second kappa shape index (κ2) is 39.1. The maximum Gasteiger partial charge on any atom is 0.490 e. The van der Waals surface area contributed by atoms with Crippen molar-refractivity contribution in [3.8, 4) is 80.7 Å². The third-order valence-corrected chi connectivity index (χ3v) is 21.9. The summed E-state index contributed by atoms with van der Waals surface area (Å²) in [5, 5.41) is 39.3. The molecule has 9 N–H and O–H groups in total. The molecule has 0 radical (unpaired) electrons. The highest BCUT2D eigenvalue weighted by Crippen LogP contribution is 2.42. The number of halogens is 3. The van der Waals surface area contributed by atoms with Gasteiger partial charge in [0.1, 0.15) is 27.6 Å². The van der Waals surface area contributed by atoms with Crippen LogP contribution in [0.2, 0.25) is 0 Å². The van der Waals surface area contributed by atoms with E-state index in [2.05, 4.69) is 151 Å². The molecule has 4 aliphatic heterocycles. The number of nitrogens with one attached hydrogen (secondary N) is 2. The Kier molecular flexibility index (Phi) is 31.4. The first-order chi connectivity index (χ1) is 50.6. The van der Waals surface area contributed by atoms with E-state index in [1.54, 1.807) is 142 Å². The number of rotatable bonds is 8. The average molecular weight is 1620 g/mol. The zero-order valence-corrected chi connectivity index (χ0v) is 67.7. The summed E-state index contributed by atoms with van der Waals surface area (Å²) in [6.45, 7) is 24.3. The molecule has 12 heterocycles. The molecule has 4 aliphatic rings. The first-order valence-corrected chi connectivity index (χ1v) is 37.7. The van der Waals surface area contributed by atoms with Crippen LogP contribution in [0.15, 0.2) is 159 Å². The number of nitrogens with two attached hydrogens (primary N) is 2. The monoisotopic (exact) mass is 1620 g/mol. The maximum atomic E-state index is 12.2. The van der Waals surface area contributed by atoms with Crippen molar-refractivity contribution >= 4 is 139 Å². The number of aliphatic imine (C=N–C) groups is 2. The molecule has 0 spiro atoms. The summed E-state index contributed by atoms with van der Waals surface area (Å²) in [4.78, 5) is 92.2. The van der Waals surface area contributed by atoms with Crippen LogP contribution in [0.3, 0.4) is 0 Å². The molecule has 0 saturated carbocycles. The molecule has 0 aromatic carbocycles. The van der Waals surface area contributed by atoms with Crippen LogP contribution in [0.5, 0.6) is 0 Å². The van der Waals surface area contributed by atoms with E-state index >= 15 is 0 Å². The van der Waals surface area contributed by atoms with Crippen molar-refractivity contribution in [1.82, 2.24) is 50.2 Å². The molecule has 12 rings (SSSR count). The van der Waals surface area contributed by atoms with E-state index < -0.39 is 23.7 Å². The number of alkyl halides is 2. The molecular formula is C77H82BBrCl2N14O8S4. The molecule has 4 atom stereocenters. The molecule has 556 valence electrons. The summed E-state index contributed by atoms with van der Waals surface area (Å²) < 4.78 is 1.05. The number of thiophene rings is 4. The molecule has 107 heavy (non-hydrogen) atoms. The highest BCUT2D eigenvalue weighted by molar-refractivity contribution is 9.10. The van der Waals surface area contributed by atoms with Gasteiger partial charge in [-0.25, -0.2) is 9.98 Å². The molecule has 2 saturated heterocycles. The molecule has 0 aliphatic carbocycles. The van der Waals surface area contributed by atoms with Crippen molar-refractivity contribution < 1.29 is 39.1 Å². The minimum Gasteiger partial charge on any atom is -0.483 e. The van der Waals surface area contributed by atoms with Crippen molar-refractivity contribution in [2.24, 2.45) is 21.5 Å². The van der Waals surface area contributed by atoms with Gasteiger partial charge < -0.3 is 47.1 Å². The Balaban J connectivity index is 0.000000208. The largest absolute Gasteiger partial charge is 0.490 e. The van der Waals surface area contributed by atoms with Crippen molar-refractivity contribution in [1.29, 1.82) is 0 Å². The second-order valence-corrected chi connectivity index (χ2v) is 31.0. The fraction of sp³-hybridized carbons (Fsp3) is 0.286. The molecule has 8 aromatic heterocycles. The van der Waals surface area contributed by atoms with Gasteiger partial charge in [-0.15, -0.1) is 92.2 Å². The molecule has 22 nitrogen and oxygen atoms in total. The highest BCUT2D eigenvalue weighted by atomic mass is 79.9. The zero-order chi connectivity index (χ0) is 79.1. The maximum absolute atomic E-state index is 12.2. The van der Waals surface area contributed by atoms with Gasteiger partial charge in [-0.1, -0.05) is 36.8 Å². The number of nitrogens with zero attached hydrogens (tertiary/aromatic N) is 10. The summed E-state index contributed by atoms with van der Waals surface area (Å²) in [5.74, 6) is 25.1. The summed E-state index contributed by atoms with van der Waals surface area (Å²) in [5.41, 5.74) is 19.7. The van der Waals surface area contributed by atoms with Gasteiger partial charge in [0.25, 0.3) is 6.47 Å². The minimum absolute atomic E-state index is 0.0261. The summed E-state index contributed by atoms with van der Waals surface area (Å²) in [6, 6.07) is 15.9. The van der Waals surface area contributed by atoms with E-state index in [9.17, 15) is 19.2 Å². The van der Waals surface area contributed by atoms with E-state index in [1.165, 1.54) is 16.0 Å². The summed E-state index contributed by atoms with van der Waals surface area (Å²) in [6.07, 6.45) is 15.2. The smallest absolute Gasteiger partial charge is 0.483 e. The first kappa shape index (κ1) is 86.0. The van der Waals surface area contributed by atoms with Crippen LogP contribution < -0.4 is 27.6 Å². The zero-order valence-electron chi connectivity index (χ0n) is 61.3. The van der Waals surface area contributed by atoms with E-state index in [0.29, 0.717) is 48.4 Å². The molecule has 8 aromatic rings. The highest BCUT2D eigenvalue weighted by Gasteiger charge is 2.41. The Hall–Kier alpha value is -9.95. The van der Waals surface area contributed by atoms with Gasteiger partial charge >= 0.3 is 7.12 Å². The number of amides is 4. The van der Waals surface area contributed by atoms with Crippen molar-refractivity contribution in [3.05, 3.63) is 191 Å². The number of carboxylic acid groups (broad SMARTS) is 1. The lowest BCUT2D eigenvalue weighted by atomic mass is 9.81. The third kappa shape index (κ3) is 23.5. The number of carbonyl (C=O) groups is 5. The SMILES string of the molecule is C=C1N[C@](C)(c2cc(-c3cncc(C#CC)c3)cs2)CC(=O)N1C.C=C1N[C@](C)(c2cc(Br)cs2)CC(=O)N1C.CC#Cc1cncc(-c2csc([C@]3(C)CC(=O)N(C)C(N)=N3)c2)c1.CC#Cc1cncc(-c2csc([C@]3(C)CC(=O)N(C)C(N)=N3)c2)c1.CC#Cc1cncc(B(O)O)c1.CC(Cl)Cl.O=CO. The lowest BCUT2D eigenvalue weighted by Gasteiger charge is -2.39. The van der Waals surface area contributed by atoms with Gasteiger partial charge in [-0.2, -0.15) is 0 Å². The minimum atomic E-state index is -1.48. The summed E-state index contributed by atoms with van der Waals surface area (Å²) in [7, 11) is 5.29. The van der Waals surface area contributed by atoms with Gasteiger partial charge in [0, 0.05) is 152 Å².